The van der Waals surface area contributed by atoms with Crippen molar-refractivity contribution >= 4 is 28.9 Å². The first-order chi connectivity index (χ1) is 13.5. The second kappa shape index (κ2) is 8.51. The van der Waals surface area contributed by atoms with Gasteiger partial charge in [0.1, 0.15) is 24.2 Å². The van der Waals surface area contributed by atoms with Crippen molar-refractivity contribution in [3.8, 4) is 11.8 Å². The summed E-state index contributed by atoms with van der Waals surface area (Å²) >= 11 is 6.05. The number of carbonyl (C=O) groups is 1. The number of rotatable bonds is 6. The number of anilines is 2. The maximum atomic E-state index is 12.5. The van der Waals surface area contributed by atoms with E-state index in [1.165, 1.54) is 0 Å². The summed E-state index contributed by atoms with van der Waals surface area (Å²) in [5, 5.41) is 12.4. The van der Waals surface area contributed by atoms with Crippen LogP contribution in [0.5, 0.6) is 5.75 Å². The fourth-order valence-corrected chi connectivity index (χ4v) is 2.77. The molecule has 28 heavy (non-hydrogen) atoms. The van der Waals surface area contributed by atoms with Crippen LogP contribution in [0.2, 0.25) is 5.02 Å². The van der Waals surface area contributed by atoms with Gasteiger partial charge >= 0.3 is 0 Å². The molecular formula is C21H18ClN3O3. The highest BCUT2D eigenvalue weighted by Crippen LogP contribution is 2.28. The molecule has 1 heterocycles. The molecule has 142 valence electrons. The van der Waals surface area contributed by atoms with Gasteiger partial charge in [-0.05, 0) is 42.5 Å². The van der Waals surface area contributed by atoms with E-state index in [1.807, 2.05) is 25.1 Å². The Morgan fingerprint density at radius 3 is 2.75 bits per heavy atom. The highest BCUT2D eigenvalue weighted by molar-refractivity contribution is 6.31. The highest BCUT2D eigenvalue weighted by Gasteiger charge is 2.15. The van der Waals surface area contributed by atoms with Crippen molar-refractivity contribution in [2.45, 2.75) is 6.61 Å². The molecule has 3 aromatic rings. The van der Waals surface area contributed by atoms with Crippen LogP contribution >= 0.6 is 11.6 Å². The first-order valence-corrected chi connectivity index (χ1v) is 8.84. The van der Waals surface area contributed by atoms with Crippen LogP contribution in [0.3, 0.4) is 0 Å². The summed E-state index contributed by atoms with van der Waals surface area (Å²) < 4.78 is 11.2. The smallest absolute Gasteiger partial charge is 0.291 e. The molecule has 0 aliphatic heterocycles. The number of nitrogens with zero attached hydrogens (tertiary/aromatic N) is 2. The minimum atomic E-state index is -0.394. The molecule has 0 saturated carbocycles. The molecule has 1 aromatic heterocycles. The van der Waals surface area contributed by atoms with Gasteiger partial charge in [0, 0.05) is 19.1 Å². The normalized spacial score (nSPS) is 10.2. The van der Waals surface area contributed by atoms with Crippen LogP contribution < -0.4 is 15.0 Å². The summed E-state index contributed by atoms with van der Waals surface area (Å²) in [5.74, 6) is 0.685. The van der Waals surface area contributed by atoms with Gasteiger partial charge < -0.3 is 19.4 Å². The standard InChI is InChI=1S/C21H18ClN3O3/c1-25(2)18-9-7-15(22)11-17(18)24-21(26)20-10-8-16(28-20)13-27-19-6-4-3-5-14(19)12-23/h3-11H,13H2,1-2H3,(H,24,26). The van der Waals surface area contributed by atoms with E-state index in [2.05, 4.69) is 11.4 Å². The van der Waals surface area contributed by atoms with E-state index < -0.39 is 5.91 Å². The van der Waals surface area contributed by atoms with E-state index in [1.54, 1.807) is 48.5 Å². The van der Waals surface area contributed by atoms with E-state index in [4.69, 9.17) is 26.0 Å². The second-order valence-electron chi connectivity index (χ2n) is 6.17. The Kier molecular flexibility index (Phi) is 5.87. The number of hydrogen-bond acceptors (Lipinski definition) is 5. The Morgan fingerprint density at radius 1 is 1.21 bits per heavy atom. The lowest BCUT2D eigenvalue weighted by Gasteiger charge is -2.17. The molecule has 0 saturated heterocycles. The number of nitriles is 1. The van der Waals surface area contributed by atoms with Crippen molar-refractivity contribution in [2.75, 3.05) is 24.3 Å². The maximum absolute atomic E-state index is 12.5. The summed E-state index contributed by atoms with van der Waals surface area (Å²) in [6, 6.07) is 17.5. The number of para-hydroxylation sites is 1. The van der Waals surface area contributed by atoms with Gasteiger partial charge in [0.15, 0.2) is 5.76 Å². The number of halogens is 1. The molecule has 1 amide bonds. The van der Waals surface area contributed by atoms with E-state index in [0.29, 0.717) is 27.8 Å². The lowest BCUT2D eigenvalue weighted by atomic mass is 10.2. The average Bonchev–Trinajstić information content (AvgIpc) is 3.15. The zero-order chi connectivity index (χ0) is 20.1. The molecule has 3 rings (SSSR count). The summed E-state index contributed by atoms with van der Waals surface area (Å²) in [5.41, 5.74) is 1.84. The lowest BCUT2D eigenvalue weighted by Crippen LogP contribution is -2.16. The molecule has 2 aromatic carbocycles. The average molecular weight is 396 g/mol. The van der Waals surface area contributed by atoms with Gasteiger partial charge in [0.25, 0.3) is 5.91 Å². The lowest BCUT2D eigenvalue weighted by molar-refractivity contribution is 0.0992. The number of amides is 1. The molecule has 0 fully saturated rings. The Labute approximate surface area is 167 Å². The van der Waals surface area contributed by atoms with E-state index in [0.717, 1.165) is 5.69 Å². The summed E-state index contributed by atoms with van der Waals surface area (Å²) in [4.78, 5) is 14.4. The van der Waals surface area contributed by atoms with Crippen LogP contribution in [-0.2, 0) is 6.61 Å². The van der Waals surface area contributed by atoms with Gasteiger partial charge in [-0.15, -0.1) is 0 Å². The van der Waals surface area contributed by atoms with Crippen LogP contribution in [0.25, 0.3) is 0 Å². The summed E-state index contributed by atoms with van der Waals surface area (Å²) in [6.07, 6.45) is 0. The van der Waals surface area contributed by atoms with Crippen molar-refractivity contribution in [1.29, 1.82) is 5.26 Å². The Bertz CT molecular complexity index is 1040. The van der Waals surface area contributed by atoms with Crippen molar-refractivity contribution in [2.24, 2.45) is 0 Å². The third-order valence-electron chi connectivity index (χ3n) is 3.95. The van der Waals surface area contributed by atoms with Crippen LogP contribution in [0.4, 0.5) is 11.4 Å². The van der Waals surface area contributed by atoms with Crippen LogP contribution in [-0.4, -0.2) is 20.0 Å². The molecule has 0 unspecified atom stereocenters. The third kappa shape index (κ3) is 4.45. The first kappa shape index (κ1) is 19.3. The van der Waals surface area contributed by atoms with Crippen molar-refractivity contribution in [1.82, 2.24) is 0 Å². The molecule has 6 nitrogen and oxygen atoms in total. The van der Waals surface area contributed by atoms with Gasteiger partial charge in [-0.25, -0.2) is 0 Å². The maximum Gasteiger partial charge on any atom is 0.291 e. The fourth-order valence-electron chi connectivity index (χ4n) is 2.59. The van der Waals surface area contributed by atoms with Crippen LogP contribution in [0.15, 0.2) is 59.0 Å². The van der Waals surface area contributed by atoms with Crippen molar-refractivity contribution < 1.29 is 13.9 Å². The second-order valence-corrected chi connectivity index (χ2v) is 6.61. The Hall–Kier alpha value is -3.43. The Balaban J connectivity index is 1.70. The largest absolute Gasteiger partial charge is 0.484 e. The van der Waals surface area contributed by atoms with Crippen LogP contribution in [0.1, 0.15) is 21.9 Å². The molecule has 0 radical (unpaired) electrons. The van der Waals surface area contributed by atoms with Crippen molar-refractivity contribution in [3.05, 3.63) is 76.7 Å². The molecule has 0 spiro atoms. The first-order valence-electron chi connectivity index (χ1n) is 8.47. The Morgan fingerprint density at radius 2 is 2.00 bits per heavy atom. The van der Waals surface area contributed by atoms with Crippen LogP contribution in [0, 0.1) is 11.3 Å². The van der Waals surface area contributed by atoms with E-state index >= 15 is 0 Å². The molecule has 1 N–H and O–H groups in total. The summed E-state index contributed by atoms with van der Waals surface area (Å²) in [6.45, 7) is 0.103. The monoisotopic (exact) mass is 395 g/mol. The number of ether oxygens (including phenoxy) is 1. The molecule has 7 heteroatoms. The summed E-state index contributed by atoms with van der Waals surface area (Å²) in [7, 11) is 3.75. The number of furan rings is 1. The molecule has 0 aliphatic carbocycles. The predicted molar refractivity (Wildman–Crippen MR) is 108 cm³/mol. The van der Waals surface area contributed by atoms with Gasteiger partial charge in [0.05, 0.1) is 16.9 Å². The molecule has 0 bridgehead atoms. The van der Waals surface area contributed by atoms with Gasteiger partial charge in [0.2, 0.25) is 0 Å². The predicted octanol–water partition coefficient (Wildman–Crippen LogP) is 4.70. The third-order valence-corrected chi connectivity index (χ3v) is 4.19. The van der Waals surface area contributed by atoms with Gasteiger partial charge in [-0.1, -0.05) is 23.7 Å². The van der Waals surface area contributed by atoms with Gasteiger partial charge in [-0.2, -0.15) is 5.26 Å². The zero-order valence-corrected chi connectivity index (χ0v) is 16.2. The molecule has 0 aliphatic rings. The highest BCUT2D eigenvalue weighted by atomic mass is 35.5. The van der Waals surface area contributed by atoms with Crippen molar-refractivity contribution in [3.63, 3.8) is 0 Å². The number of benzene rings is 2. The SMILES string of the molecule is CN(C)c1ccc(Cl)cc1NC(=O)c1ccc(COc2ccccc2C#N)o1. The number of hydrogen-bond donors (Lipinski definition) is 1. The minimum Gasteiger partial charge on any atom is -0.484 e. The number of carbonyl (C=O) groups excluding carboxylic acids is 1. The van der Waals surface area contributed by atoms with E-state index in [9.17, 15) is 4.79 Å². The molecule has 0 atom stereocenters. The van der Waals surface area contributed by atoms with E-state index in [-0.39, 0.29) is 12.4 Å². The molecular weight excluding hydrogens is 378 g/mol. The topological polar surface area (TPSA) is 78.5 Å². The quantitative estimate of drug-likeness (QED) is 0.654. The van der Waals surface area contributed by atoms with Gasteiger partial charge in [-0.3, -0.25) is 4.79 Å². The number of nitrogens with one attached hydrogen (secondary N) is 1. The minimum absolute atomic E-state index is 0.103. The zero-order valence-electron chi connectivity index (χ0n) is 15.4. The fraction of sp³-hybridized carbons (Fsp3) is 0.143.